The monoisotopic (exact) mass is 435 g/mol. The number of hydrogen-bond donors (Lipinski definition) is 2. The molecule has 2 fully saturated rings. The Kier molecular flexibility index (Phi) is 6.73. The number of ether oxygens (including phenoxy) is 1. The highest BCUT2D eigenvalue weighted by Gasteiger charge is 2.36. The Balaban J connectivity index is 1.41. The lowest BCUT2D eigenvalue weighted by Crippen LogP contribution is -2.54. The second-order valence-electron chi connectivity index (χ2n) is 8.46. The lowest BCUT2D eigenvalue weighted by atomic mass is 9.88. The lowest BCUT2D eigenvalue weighted by Gasteiger charge is -2.36. The van der Waals surface area contributed by atoms with Crippen LogP contribution in [0.4, 0.5) is 0 Å². The van der Waals surface area contributed by atoms with Crippen LogP contribution in [0.2, 0.25) is 0 Å². The maximum Gasteiger partial charge on any atom is 0.253 e. The van der Waals surface area contributed by atoms with Crippen molar-refractivity contribution in [1.29, 1.82) is 0 Å². The van der Waals surface area contributed by atoms with E-state index in [0.717, 1.165) is 12.8 Å². The molecule has 1 aliphatic carbocycles. The topological polar surface area (TPSA) is 87.7 Å². The average molecular weight is 436 g/mol. The Morgan fingerprint density at radius 2 is 1.56 bits per heavy atom. The number of hydrogen-bond acceptors (Lipinski definition) is 4. The number of amides is 3. The van der Waals surface area contributed by atoms with E-state index < -0.39 is 6.04 Å². The summed E-state index contributed by atoms with van der Waals surface area (Å²) in [5.74, 6) is 0.217. The third kappa shape index (κ3) is 5.28. The Labute approximate surface area is 188 Å². The number of carbonyl (C=O) groups is 3. The minimum atomic E-state index is -0.626. The van der Waals surface area contributed by atoms with E-state index in [-0.39, 0.29) is 29.7 Å². The van der Waals surface area contributed by atoms with Crippen molar-refractivity contribution in [2.75, 3.05) is 20.2 Å². The highest BCUT2D eigenvalue weighted by molar-refractivity contribution is 5.98. The van der Waals surface area contributed by atoms with Gasteiger partial charge in [0.1, 0.15) is 11.8 Å². The van der Waals surface area contributed by atoms with Gasteiger partial charge in [-0.25, -0.2) is 0 Å². The van der Waals surface area contributed by atoms with Gasteiger partial charge in [-0.05, 0) is 68.0 Å². The van der Waals surface area contributed by atoms with Crippen LogP contribution in [0.1, 0.15) is 46.4 Å². The molecule has 2 N–H and O–H groups in total. The highest BCUT2D eigenvalue weighted by atomic mass is 16.5. The van der Waals surface area contributed by atoms with E-state index in [0.29, 0.717) is 42.8 Å². The molecule has 0 spiro atoms. The second-order valence-corrected chi connectivity index (χ2v) is 8.46. The predicted octanol–water partition coefficient (Wildman–Crippen LogP) is 2.62. The molecule has 1 saturated carbocycles. The summed E-state index contributed by atoms with van der Waals surface area (Å²) in [4.78, 5) is 40.4. The van der Waals surface area contributed by atoms with Crippen LogP contribution in [0.5, 0.6) is 5.75 Å². The number of nitrogens with one attached hydrogen (secondary N) is 2. The fraction of sp³-hybridized carbons (Fsp3) is 0.400. The van der Waals surface area contributed by atoms with Crippen molar-refractivity contribution in [3.05, 3.63) is 65.7 Å². The third-order valence-corrected chi connectivity index (χ3v) is 6.16. The number of likely N-dealkylation sites (tertiary alicyclic amines) is 1. The van der Waals surface area contributed by atoms with Gasteiger partial charge < -0.3 is 20.3 Å². The third-order valence-electron chi connectivity index (χ3n) is 6.16. The molecule has 1 saturated heterocycles. The predicted molar refractivity (Wildman–Crippen MR) is 120 cm³/mol. The van der Waals surface area contributed by atoms with Gasteiger partial charge in [-0.3, -0.25) is 14.4 Å². The molecule has 7 nitrogen and oxygen atoms in total. The van der Waals surface area contributed by atoms with Crippen LogP contribution in [0.15, 0.2) is 54.6 Å². The van der Waals surface area contributed by atoms with Gasteiger partial charge in [-0.15, -0.1) is 0 Å². The lowest BCUT2D eigenvalue weighted by molar-refractivity contribution is -0.124. The molecule has 1 aliphatic heterocycles. The summed E-state index contributed by atoms with van der Waals surface area (Å²) in [6.45, 7) is 1.12. The molecule has 7 heteroatoms. The molecule has 2 aromatic rings. The highest BCUT2D eigenvalue weighted by Crippen LogP contribution is 2.25. The van der Waals surface area contributed by atoms with Crippen molar-refractivity contribution < 1.29 is 19.1 Å². The van der Waals surface area contributed by atoms with Crippen molar-refractivity contribution in [3.63, 3.8) is 0 Å². The smallest absolute Gasteiger partial charge is 0.253 e. The number of nitrogens with zero attached hydrogens (tertiary/aromatic N) is 1. The minimum absolute atomic E-state index is 0.00491. The Morgan fingerprint density at radius 1 is 0.906 bits per heavy atom. The van der Waals surface area contributed by atoms with Crippen LogP contribution in [-0.4, -0.2) is 54.9 Å². The summed E-state index contributed by atoms with van der Waals surface area (Å²) in [5, 5.41) is 5.99. The van der Waals surface area contributed by atoms with Crippen LogP contribution >= 0.6 is 0 Å². The SMILES string of the molecule is COc1ccc(C(=O)N[C@@H](C(=O)NC2CC2)C2CCN(C(=O)c3ccccc3)CC2)cc1. The molecule has 0 unspecified atom stereocenters. The summed E-state index contributed by atoms with van der Waals surface area (Å²) in [7, 11) is 1.57. The zero-order valence-electron chi connectivity index (χ0n) is 18.3. The zero-order chi connectivity index (χ0) is 22.5. The number of rotatable bonds is 7. The zero-order valence-corrected chi connectivity index (χ0v) is 18.3. The molecular formula is C25H29N3O4. The summed E-state index contributed by atoms with van der Waals surface area (Å²) in [6.07, 6.45) is 3.28. The van der Waals surface area contributed by atoms with E-state index in [2.05, 4.69) is 10.6 Å². The first-order chi connectivity index (χ1) is 15.5. The fourth-order valence-electron chi connectivity index (χ4n) is 4.08. The largest absolute Gasteiger partial charge is 0.497 e. The van der Waals surface area contributed by atoms with Gasteiger partial charge >= 0.3 is 0 Å². The van der Waals surface area contributed by atoms with E-state index in [1.54, 1.807) is 31.4 Å². The average Bonchev–Trinajstić information content (AvgIpc) is 3.66. The normalized spacial score (nSPS) is 17.3. The molecule has 1 atom stereocenters. The van der Waals surface area contributed by atoms with Gasteiger partial charge in [0.2, 0.25) is 5.91 Å². The second kappa shape index (κ2) is 9.85. The number of piperidine rings is 1. The van der Waals surface area contributed by atoms with E-state index >= 15 is 0 Å². The standard InChI is InChI=1S/C25H29N3O4/c1-32-21-11-7-18(8-12-21)23(29)27-22(24(30)26-20-9-10-20)17-13-15-28(16-14-17)25(31)19-5-3-2-4-6-19/h2-8,11-12,17,20,22H,9-10,13-16H2,1H3,(H,26,30)(H,27,29)/t22-/m1/s1. The molecule has 0 radical (unpaired) electrons. The first-order valence-corrected chi connectivity index (χ1v) is 11.1. The van der Waals surface area contributed by atoms with Gasteiger partial charge in [0, 0.05) is 30.3 Å². The van der Waals surface area contributed by atoms with Crippen molar-refractivity contribution in [1.82, 2.24) is 15.5 Å². The Morgan fingerprint density at radius 3 is 2.16 bits per heavy atom. The summed E-state index contributed by atoms with van der Waals surface area (Å²) < 4.78 is 5.15. The maximum absolute atomic E-state index is 13.0. The molecular weight excluding hydrogens is 406 g/mol. The molecule has 4 rings (SSSR count). The molecule has 32 heavy (non-hydrogen) atoms. The van der Waals surface area contributed by atoms with Gasteiger partial charge in [0.25, 0.3) is 11.8 Å². The van der Waals surface area contributed by atoms with Crippen molar-refractivity contribution in [2.24, 2.45) is 5.92 Å². The van der Waals surface area contributed by atoms with E-state index in [1.807, 2.05) is 35.2 Å². The van der Waals surface area contributed by atoms with Gasteiger partial charge in [-0.2, -0.15) is 0 Å². The van der Waals surface area contributed by atoms with Crippen molar-refractivity contribution in [2.45, 2.75) is 37.8 Å². The van der Waals surface area contributed by atoms with Crippen LogP contribution in [0.3, 0.4) is 0 Å². The van der Waals surface area contributed by atoms with Gasteiger partial charge in [0.05, 0.1) is 7.11 Å². The van der Waals surface area contributed by atoms with E-state index in [1.165, 1.54) is 0 Å². The summed E-state index contributed by atoms with van der Waals surface area (Å²) >= 11 is 0. The van der Waals surface area contributed by atoms with Crippen LogP contribution < -0.4 is 15.4 Å². The first-order valence-electron chi connectivity index (χ1n) is 11.1. The van der Waals surface area contributed by atoms with E-state index in [4.69, 9.17) is 4.74 Å². The molecule has 2 aromatic carbocycles. The molecule has 2 aliphatic rings. The van der Waals surface area contributed by atoms with Crippen molar-refractivity contribution >= 4 is 17.7 Å². The summed E-state index contributed by atoms with van der Waals surface area (Å²) in [6, 6.07) is 15.6. The maximum atomic E-state index is 13.0. The fourth-order valence-corrected chi connectivity index (χ4v) is 4.08. The van der Waals surface area contributed by atoms with Crippen LogP contribution in [0.25, 0.3) is 0 Å². The minimum Gasteiger partial charge on any atom is -0.497 e. The molecule has 168 valence electrons. The molecule has 3 amide bonds. The van der Waals surface area contributed by atoms with Crippen molar-refractivity contribution in [3.8, 4) is 5.75 Å². The van der Waals surface area contributed by atoms with E-state index in [9.17, 15) is 14.4 Å². The quantitative estimate of drug-likeness (QED) is 0.700. The molecule has 1 heterocycles. The van der Waals surface area contributed by atoms with Crippen LogP contribution in [0, 0.1) is 5.92 Å². The number of methoxy groups -OCH3 is 1. The number of benzene rings is 2. The Hall–Kier alpha value is -3.35. The van der Waals surface area contributed by atoms with Crippen LogP contribution in [-0.2, 0) is 4.79 Å². The van der Waals surface area contributed by atoms with Gasteiger partial charge in [0.15, 0.2) is 0 Å². The summed E-state index contributed by atoms with van der Waals surface area (Å²) in [5.41, 5.74) is 1.15. The first kappa shape index (κ1) is 21.9. The number of carbonyl (C=O) groups excluding carboxylic acids is 3. The van der Waals surface area contributed by atoms with Gasteiger partial charge in [-0.1, -0.05) is 18.2 Å². The molecule has 0 aromatic heterocycles. The Bertz CT molecular complexity index is 949. The molecule has 0 bridgehead atoms.